The number of aromatic amines is 1. The lowest BCUT2D eigenvalue weighted by Crippen LogP contribution is -2.36. The van der Waals surface area contributed by atoms with Crippen molar-refractivity contribution in [2.45, 2.75) is 44.3 Å². The average Bonchev–Trinajstić information content (AvgIpc) is 3.25. The van der Waals surface area contributed by atoms with Gasteiger partial charge in [0.05, 0.1) is 12.6 Å². The van der Waals surface area contributed by atoms with E-state index < -0.39 is 0 Å². The lowest BCUT2D eigenvalue weighted by atomic mass is 9.91. The van der Waals surface area contributed by atoms with E-state index in [4.69, 9.17) is 9.72 Å². The molecule has 1 fully saturated rings. The van der Waals surface area contributed by atoms with Gasteiger partial charge in [-0.2, -0.15) is 0 Å². The summed E-state index contributed by atoms with van der Waals surface area (Å²) in [6.45, 7) is 0.869. The second kappa shape index (κ2) is 9.32. The van der Waals surface area contributed by atoms with E-state index in [0.29, 0.717) is 12.1 Å². The second-order valence-electron chi connectivity index (χ2n) is 9.24. The van der Waals surface area contributed by atoms with Gasteiger partial charge in [0, 0.05) is 67.0 Å². The molecule has 0 unspecified atom stereocenters. The maximum absolute atomic E-state index is 5.40. The van der Waals surface area contributed by atoms with Gasteiger partial charge in [0.2, 0.25) is 0 Å². The molecule has 172 valence electrons. The molecule has 0 amide bonds. The Morgan fingerprint density at radius 1 is 1.00 bits per heavy atom. The van der Waals surface area contributed by atoms with Crippen LogP contribution in [0.4, 0.5) is 11.5 Å². The molecular formula is C27H33N5O. The monoisotopic (exact) mass is 443 g/mol. The molecule has 0 bridgehead atoms. The zero-order valence-electron chi connectivity index (χ0n) is 19.7. The maximum atomic E-state index is 5.40. The third-order valence-electron chi connectivity index (χ3n) is 6.81. The predicted octanol–water partition coefficient (Wildman–Crippen LogP) is 5.30. The summed E-state index contributed by atoms with van der Waals surface area (Å²) in [5.41, 5.74) is 4.69. The van der Waals surface area contributed by atoms with Crippen LogP contribution in [0.1, 0.15) is 31.2 Å². The number of pyridine rings is 1. The van der Waals surface area contributed by atoms with Crippen LogP contribution < -0.4 is 20.3 Å². The summed E-state index contributed by atoms with van der Waals surface area (Å²) < 4.78 is 5.40. The summed E-state index contributed by atoms with van der Waals surface area (Å²) in [6, 6.07) is 17.7. The van der Waals surface area contributed by atoms with Gasteiger partial charge in [-0.15, -0.1) is 0 Å². The van der Waals surface area contributed by atoms with Gasteiger partial charge in [0.25, 0.3) is 0 Å². The summed E-state index contributed by atoms with van der Waals surface area (Å²) in [4.78, 5) is 10.4. The smallest absolute Gasteiger partial charge is 0.128 e. The number of methoxy groups -OCH3 is 1. The van der Waals surface area contributed by atoms with Gasteiger partial charge in [0.1, 0.15) is 11.6 Å². The van der Waals surface area contributed by atoms with Crippen LogP contribution in [0.3, 0.4) is 0 Å². The molecule has 0 spiro atoms. The fourth-order valence-corrected chi connectivity index (χ4v) is 4.94. The number of para-hydroxylation sites is 1. The number of rotatable bonds is 7. The Kier molecular flexibility index (Phi) is 6.09. The van der Waals surface area contributed by atoms with E-state index in [2.05, 4.69) is 83.3 Å². The van der Waals surface area contributed by atoms with Crippen LogP contribution in [0.2, 0.25) is 0 Å². The number of benzene rings is 2. The summed E-state index contributed by atoms with van der Waals surface area (Å²) in [6.07, 6.45) is 6.73. The highest BCUT2D eigenvalue weighted by Crippen LogP contribution is 2.30. The van der Waals surface area contributed by atoms with Crippen molar-refractivity contribution < 1.29 is 4.74 Å². The number of aromatic nitrogens is 2. The molecule has 1 saturated carbocycles. The Morgan fingerprint density at radius 3 is 2.58 bits per heavy atom. The molecule has 4 aromatic rings. The number of nitrogens with one attached hydrogen (secondary N) is 3. The molecule has 1 aliphatic rings. The SMILES string of the molecule is COc1ccc2[nH]cc(CN[C@H]3CC[C@@H](Nc4cc(N(C)C)c5ccccc5n4)CC3)c2c1. The molecule has 2 heterocycles. The van der Waals surface area contributed by atoms with Crippen LogP contribution in [-0.4, -0.2) is 43.3 Å². The minimum atomic E-state index is 0.462. The molecule has 5 rings (SSSR count). The van der Waals surface area contributed by atoms with Crippen LogP contribution in [0.5, 0.6) is 5.75 Å². The van der Waals surface area contributed by atoms with Crippen molar-refractivity contribution in [3.8, 4) is 5.75 Å². The van der Waals surface area contributed by atoms with Gasteiger partial charge >= 0.3 is 0 Å². The first-order valence-electron chi connectivity index (χ1n) is 11.8. The number of fused-ring (bicyclic) bond motifs is 2. The lowest BCUT2D eigenvalue weighted by molar-refractivity contribution is 0.353. The number of anilines is 2. The molecule has 0 radical (unpaired) electrons. The highest BCUT2D eigenvalue weighted by atomic mass is 16.5. The summed E-state index contributed by atoms with van der Waals surface area (Å²) in [5.74, 6) is 1.87. The zero-order valence-corrected chi connectivity index (χ0v) is 19.7. The predicted molar refractivity (Wildman–Crippen MR) is 137 cm³/mol. The van der Waals surface area contributed by atoms with Crippen LogP contribution >= 0.6 is 0 Å². The Morgan fingerprint density at radius 2 is 1.79 bits per heavy atom. The second-order valence-corrected chi connectivity index (χ2v) is 9.24. The van der Waals surface area contributed by atoms with E-state index >= 15 is 0 Å². The number of H-pyrrole nitrogens is 1. The minimum Gasteiger partial charge on any atom is -0.497 e. The number of hydrogen-bond acceptors (Lipinski definition) is 5. The molecular weight excluding hydrogens is 410 g/mol. The van der Waals surface area contributed by atoms with Crippen LogP contribution in [0.15, 0.2) is 54.7 Å². The molecule has 0 atom stereocenters. The van der Waals surface area contributed by atoms with Gasteiger partial charge in [-0.05, 0) is 55.5 Å². The number of ether oxygens (including phenoxy) is 1. The standard InChI is InChI=1S/C27H33N5O/c1-32(2)26-15-27(31-25-7-5-4-6-22(25)26)30-20-10-8-19(9-11-20)28-16-18-17-29-24-13-12-21(33-3)14-23(18)24/h4-7,12-15,17,19-20,28-29H,8-11,16H2,1-3H3,(H,30,31)/t19-,20+. The van der Waals surface area contributed by atoms with E-state index in [1.807, 2.05) is 6.07 Å². The first kappa shape index (κ1) is 21.6. The maximum Gasteiger partial charge on any atom is 0.128 e. The largest absolute Gasteiger partial charge is 0.497 e. The zero-order chi connectivity index (χ0) is 22.8. The molecule has 6 nitrogen and oxygen atoms in total. The minimum absolute atomic E-state index is 0.462. The van der Waals surface area contributed by atoms with E-state index in [1.165, 1.54) is 22.0 Å². The highest BCUT2D eigenvalue weighted by molar-refractivity contribution is 5.93. The van der Waals surface area contributed by atoms with Gasteiger partial charge < -0.3 is 25.3 Å². The normalized spacial score (nSPS) is 18.5. The quantitative estimate of drug-likeness (QED) is 0.362. The van der Waals surface area contributed by atoms with Gasteiger partial charge in [-0.25, -0.2) is 4.98 Å². The molecule has 1 aliphatic carbocycles. The number of hydrogen-bond donors (Lipinski definition) is 3. The first-order chi connectivity index (χ1) is 16.1. The third-order valence-corrected chi connectivity index (χ3v) is 6.81. The molecule has 2 aromatic carbocycles. The van der Waals surface area contributed by atoms with E-state index in [0.717, 1.165) is 54.8 Å². The summed E-state index contributed by atoms with van der Waals surface area (Å²) in [5, 5.41) is 9.91. The van der Waals surface area contributed by atoms with E-state index in [1.54, 1.807) is 7.11 Å². The molecule has 0 saturated heterocycles. The van der Waals surface area contributed by atoms with Crippen molar-refractivity contribution in [1.82, 2.24) is 15.3 Å². The van der Waals surface area contributed by atoms with Gasteiger partial charge in [0.15, 0.2) is 0 Å². The molecule has 2 aromatic heterocycles. The Bertz CT molecular complexity index is 1240. The van der Waals surface area contributed by atoms with Crippen molar-refractivity contribution >= 4 is 33.3 Å². The molecule has 6 heteroatoms. The van der Waals surface area contributed by atoms with Crippen molar-refractivity contribution in [1.29, 1.82) is 0 Å². The van der Waals surface area contributed by atoms with Crippen molar-refractivity contribution in [2.24, 2.45) is 0 Å². The lowest BCUT2D eigenvalue weighted by Gasteiger charge is -2.30. The third kappa shape index (κ3) is 4.62. The van der Waals surface area contributed by atoms with Crippen molar-refractivity contribution in [2.75, 3.05) is 31.4 Å². The van der Waals surface area contributed by atoms with Gasteiger partial charge in [-0.1, -0.05) is 18.2 Å². The highest BCUT2D eigenvalue weighted by Gasteiger charge is 2.22. The van der Waals surface area contributed by atoms with Crippen molar-refractivity contribution in [3.05, 3.63) is 60.3 Å². The van der Waals surface area contributed by atoms with E-state index in [9.17, 15) is 0 Å². The number of nitrogens with zero attached hydrogens (tertiary/aromatic N) is 2. The Balaban J connectivity index is 1.19. The first-order valence-corrected chi connectivity index (χ1v) is 11.8. The van der Waals surface area contributed by atoms with E-state index in [-0.39, 0.29) is 0 Å². The summed E-state index contributed by atoms with van der Waals surface area (Å²) >= 11 is 0. The fraction of sp³-hybridized carbons (Fsp3) is 0.370. The van der Waals surface area contributed by atoms with Crippen LogP contribution in [-0.2, 0) is 6.54 Å². The Hall–Kier alpha value is -3.25. The summed E-state index contributed by atoms with van der Waals surface area (Å²) in [7, 11) is 5.89. The van der Waals surface area contributed by atoms with Crippen LogP contribution in [0, 0.1) is 0 Å². The topological polar surface area (TPSA) is 65.2 Å². The Labute approximate surface area is 195 Å². The van der Waals surface area contributed by atoms with Crippen molar-refractivity contribution in [3.63, 3.8) is 0 Å². The fourth-order valence-electron chi connectivity index (χ4n) is 4.94. The van der Waals surface area contributed by atoms with Gasteiger partial charge in [-0.3, -0.25) is 0 Å². The molecule has 33 heavy (non-hydrogen) atoms. The molecule has 0 aliphatic heterocycles. The average molecular weight is 444 g/mol. The molecule has 3 N–H and O–H groups in total. The van der Waals surface area contributed by atoms with Crippen LogP contribution in [0.25, 0.3) is 21.8 Å².